The van der Waals surface area contributed by atoms with Crippen molar-refractivity contribution in [1.29, 1.82) is 0 Å². The van der Waals surface area contributed by atoms with Crippen LogP contribution in [0.25, 0.3) is 6.08 Å². The van der Waals surface area contributed by atoms with E-state index >= 15 is 0 Å². The van der Waals surface area contributed by atoms with Crippen molar-refractivity contribution in [2.45, 2.75) is 38.3 Å². The number of likely N-dealkylation sites (tertiary alicyclic amines) is 1. The summed E-state index contributed by atoms with van der Waals surface area (Å²) in [4.78, 5) is 1.27. The Labute approximate surface area is 144 Å². The van der Waals surface area contributed by atoms with Crippen LogP contribution in [0, 0.1) is 0 Å². The van der Waals surface area contributed by atoms with Crippen LogP contribution in [-0.2, 0) is 0 Å². The topological polar surface area (TPSA) is 63.4 Å². The summed E-state index contributed by atoms with van der Waals surface area (Å²) in [5.41, 5.74) is 1.05. The van der Waals surface area contributed by atoms with Crippen LogP contribution in [0.3, 0.4) is 0 Å². The van der Waals surface area contributed by atoms with E-state index in [-0.39, 0.29) is 19.3 Å². The molecule has 0 bridgehead atoms. The summed E-state index contributed by atoms with van der Waals surface area (Å²) in [5.74, 6) is 1.30. The molecule has 24 heavy (non-hydrogen) atoms. The second kappa shape index (κ2) is 9.67. The molecule has 0 radical (unpaired) electrons. The Kier molecular flexibility index (Phi) is 7.56. The van der Waals surface area contributed by atoms with Crippen LogP contribution >= 0.6 is 0 Å². The number of piperidine rings is 1. The van der Waals surface area contributed by atoms with Crippen LogP contribution in [0.4, 0.5) is 0 Å². The minimum Gasteiger partial charge on any atom is -0.493 e. The molecule has 1 heterocycles. The molecule has 1 unspecified atom stereocenters. The average Bonchev–Trinajstić information content (AvgIpc) is 2.61. The van der Waals surface area contributed by atoms with Gasteiger partial charge in [0.2, 0.25) is 0 Å². The summed E-state index contributed by atoms with van der Waals surface area (Å²) < 4.78 is 11.1. The van der Waals surface area contributed by atoms with Gasteiger partial charge >= 0.3 is 0 Å². The third-order valence-electron chi connectivity index (χ3n) is 4.57. The molecular weight excluding hydrogens is 306 g/mol. The summed E-state index contributed by atoms with van der Waals surface area (Å²) in [6.45, 7) is 3.98. The molecule has 5 heteroatoms. The predicted molar refractivity (Wildman–Crippen MR) is 94.6 cm³/mol. The van der Waals surface area contributed by atoms with Gasteiger partial charge in [-0.05, 0) is 37.5 Å². The maximum Gasteiger partial charge on any atom is 0.161 e. The molecule has 2 rings (SSSR count). The number of hydrogen-bond donors (Lipinski definition) is 3. The van der Waals surface area contributed by atoms with E-state index in [0.717, 1.165) is 31.4 Å². The van der Waals surface area contributed by atoms with Crippen molar-refractivity contribution in [1.82, 2.24) is 0 Å². The second-order valence-electron chi connectivity index (χ2n) is 6.36. The highest BCUT2D eigenvalue weighted by Crippen LogP contribution is 2.28. The molecule has 0 aliphatic carbocycles. The first kappa shape index (κ1) is 18.8. The first-order valence-corrected chi connectivity index (χ1v) is 8.75. The van der Waals surface area contributed by atoms with E-state index < -0.39 is 6.10 Å². The average molecular weight is 336 g/mol. The fourth-order valence-electron chi connectivity index (χ4n) is 3.29. The van der Waals surface area contributed by atoms with Gasteiger partial charge in [-0.2, -0.15) is 0 Å². The van der Waals surface area contributed by atoms with Crippen molar-refractivity contribution in [2.24, 2.45) is 0 Å². The normalized spacial score (nSPS) is 22.5. The number of aliphatic hydroxyl groups is 2. The molecule has 1 aliphatic heterocycles. The second-order valence-corrected chi connectivity index (χ2v) is 6.36. The number of nitrogens with one attached hydrogen (secondary N) is 1. The molecule has 1 fully saturated rings. The quantitative estimate of drug-likeness (QED) is 0.660. The van der Waals surface area contributed by atoms with Gasteiger partial charge < -0.3 is 24.6 Å². The van der Waals surface area contributed by atoms with Gasteiger partial charge in [0.15, 0.2) is 11.5 Å². The predicted octanol–water partition coefficient (Wildman–Crippen LogP) is 0.898. The van der Waals surface area contributed by atoms with Gasteiger partial charge in [0.1, 0.15) is 25.3 Å². The van der Waals surface area contributed by atoms with Crippen LogP contribution in [0.15, 0.2) is 24.3 Å². The molecule has 1 aromatic rings. The van der Waals surface area contributed by atoms with Gasteiger partial charge in [-0.1, -0.05) is 18.2 Å². The third kappa shape index (κ3) is 5.23. The molecule has 134 valence electrons. The smallest absolute Gasteiger partial charge is 0.161 e. The Morgan fingerprint density at radius 3 is 2.88 bits per heavy atom. The monoisotopic (exact) mass is 336 g/mol. The Balaban J connectivity index is 1.90. The zero-order chi connectivity index (χ0) is 17.4. The van der Waals surface area contributed by atoms with Gasteiger partial charge in [0.05, 0.1) is 20.3 Å². The Hall–Kier alpha value is -1.56. The number of quaternary nitrogens is 1. The highest BCUT2D eigenvalue weighted by Gasteiger charge is 2.27. The first-order chi connectivity index (χ1) is 11.7. The number of aliphatic hydroxyl groups excluding tert-OH is 2. The van der Waals surface area contributed by atoms with Crippen molar-refractivity contribution in [3.63, 3.8) is 0 Å². The maximum atomic E-state index is 10.3. The van der Waals surface area contributed by atoms with Crippen molar-refractivity contribution in [3.8, 4) is 11.5 Å². The minimum absolute atomic E-state index is 0.184. The van der Waals surface area contributed by atoms with Crippen LogP contribution in [-0.4, -0.2) is 55.8 Å². The lowest BCUT2D eigenvalue weighted by Gasteiger charge is -2.32. The number of allylic oxidation sites excluding steroid dienone is 1. The SMILES string of the molecule is C/C=C/c1ccc(OC[C@H](O)C[NH+]2CCCC[C@@H]2CO)c(OC)c1. The standard InChI is InChI=1S/C19H29NO4/c1-3-6-15-8-9-18(19(11-15)23-2)24-14-17(22)12-20-10-5-4-7-16(20)13-21/h3,6,8-9,11,16-17,21-22H,4-5,7,10,12-14H2,1-2H3/p+1/b6-3+/t16-,17-/m1/s1. The lowest BCUT2D eigenvalue weighted by Crippen LogP contribution is -3.18. The third-order valence-corrected chi connectivity index (χ3v) is 4.57. The van der Waals surface area contributed by atoms with E-state index in [9.17, 15) is 10.2 Å². The van der Waals surface area contributed by atoms with Crippen molar-refractivity contribution >= 4 is 6.08 Å². The number of rotatable bonds is 8. The van der Waals surface area contributed by atoms with Gasteiger partial charge in [0.25, 0.3) is 0 Å². The summed E-state index contributed by atoms with van der Waals surface area (Å²) in [6, 6.07) is 5.98. The summed E-state index contributed by atoms with van der Waals surface area (Å²) in [6.07, 6.45) is 6.75. The van der Waals surface area contributed by atoms with Crippen LogP contribution < -0.4 is 14.4 Å². The van der Waals surface area contributed by atoms with E-state index in [2.05, 4.69) is 0 Å². The van der Waals surface area contributed by atoms with Crippen molar-refractivity contribution in [2.75, 3.05) is 33.4 Å². The molecule has 0 saturated carbocycles. The highest BCUT2D eigenvalue weighted by atomic mass is 16.5. The molecule has 3 atom stereocenters. The number of hydrogen-bond acceptors (Lipinski definition) is 4. The lowest BCUT2D eigenvalue weighted by atomic mass is 10.0. The largest absolute Gasteiger partial charge is 0.493 e. The zero-order valence-corrected chi connectivity index (χ0v) is 14.7. The molecule has 1 aliphatic rings. The van der Waals surface area contributed by atoms with Crippen LogP contribution in [0.1, 0.15) is 31.7 Å². The van der Waals surface area contributed by atoms with E-state index in [0.29, 0.717) is 18.0 Å². The van der Waals surface area contributed by atoms with E-state index in [1.165, 1.54) is 4.90 Å². The van der Waals surface area contributed by atoms with Gasteiger partial charge in [-0.15, -0.1) is 0 Å². The van der Waals surface area contributed by atoms with Gasteiger partial charge in [-0.25, -0.2) is 0 Å². The fraction of sp³-hybridized carbons (Fsp3) is 0.579. The van der Waals surface area contributed by atoms with E-state index in [4.69, 9.17) is 9.47 Å². The summed E-state index contributed by atoms with van der Waals surface area (Å²) in [7, 11) is 1.61. The first-order valence-electron chi connectivity index (χ1n) is 8.75. The molecule has 0 spiro atoms. The fourth-order valence-corrected chi connectivity index (χ4v) is 3.29. The number of benzene rings is 1. The molecule has 3 N–H and O–H groups in total. The lowest BCUT2D eigenvalue weighted by molar-refractivity contribution is -0.933. The minimum atomic E-state index is -0.563. The van der Waals surface area contributed by atoms with E-state index in [1.807, 2.05) is 37.3 Å². The molecule has 0 aromatic heterocycles. The Morgan fingerprint density at radius 1 is 1.33 bits per heavy atom. The number of methoxy groups -OCH3 is 1. The Bertz CT molecular complexity index is 532. The molecule has 0 amide bonds. The molecule has 5 nitrogen and oxygen atoms in total. The van der Waals surface area contributed by atoms with Crippen molar-refractivity contribution < 1.29 is 24.6 Å². The zero-order valence-electron chi connectivity index (χ0n) is 14.7. The van der Waals surface area contributed by atoms with Gasteiger partial charge in [0, 0.05) is 6.42 Å². The summed E-state index contributed by atoms with van der Waals surface area (Å²) >= 11 is 0. The van der Waals surface area contributed by atoms with E-state index in [1.54, 1.807) is 7.11 Å². The van der Waals surface area contributed by atoms with Crippen LogP contribution in [0.5, 0.6) is 11.5 Å². The van der Waals surface area contributed by atoms with Gasteiger partial charge in [-0.3, -0.25) is 0 Å². The molecule has 1 saturated heterocycles. The number of ether oxygens (including phenoxy) is 2. The van der Waals surface area contributed by atoms with Crippen LogP contribution in [0.2, 0.25) is 0 Å². The molecule has 1 aromatic carbocycles. The highest BCUT2D eigenvalue weighted by molar-refractivity contribution is 5.55. The summed E-state index contributed by atoms with van der Waals surface area (Å²) in [5, 5.41) is 19.8. The Morgan fingerprint density at radius 2 is 2.17 bits per heavy atom. The van der Waals surface area contributed by atoms with Crippen molar-refractivity contribution in [3.05, 3.63) is 29.8 Å². The maximum absolute atomic E-state index is 10.3. The molecular formula is C19H30NO4+.